The third-order valence-electron chi connectivity index (χ3n) is 3.71. The molecule has 2 heterocycles. The number of anilines is 1. The molecule has 10 heteroatoms. The van der Waals surface area contributed by atoms with E-state index in [4.69, 9.17) is 17.3 Å². The highest BCUT2D eigenvalue weighted by atomic mass is 35.5. The number of hydrogen-bond donors (Lipinski definition) is 3. The highest BCUT2D eigenvalue weighted by molar-refractivity contribution is 6.31. The van der Waals surface area contributed by atoms with Gasteiger partial charge in [-0.3, -0.25) is 9.59 Å². The first-order valence-electron chi connectivity index (χ1n) is 7.25. The van der Waals surface area contributed by atoms with Crippen LogP contribution in [0.25, 0.3) is 10.9 Å². The Morgan fingerprint density at radius 2 is 2.16 bits per heavy atom. The predicted molar refractivity (Wildman–Crippen MR) is 91.1 cm³/mol. The molecule has 4 N–H and O–H groups in total. The van der Waals surface area contributed by atoms with Crippen LogP contribution >= 0.6 is 11.6 Å². The van der Waals surface area contributed by atoms with E-state index in [9.17, 15) is 14.0 Å². The van der Waals surface area contributed by atoms with E-state index in [1.54, 1.807) is 13.0 Å². The number of halogens is 2. The summed E-state index contributed by atoms with van der Waals surface area (Å²) >= 11 is 5.79. The summed E-state index contributed by atoms with van der Waals surface area (Å²) in [5.41, 5.74) is 5.53. The normalized spacial score (nSPS) is 12.3. The fraction of sp³-hybridized carbons (Fsp3) is 0.200. The molecule has 1 atom stereocenters. The fourth-order valence-electron chi connectivity index (χ4n) is 2.47. The lowest BCUT2D eigenvalue weighted by Crippen LogP contribution is -2.20. The highest BCUT2D eigenvalue weighted by Gasteiger charge is 2.17. The smallest absolute Gasteiger partial charge is 0.286 e. The second kappa shape index (κ2) is 6.17. The van der Waals surface area contributed by atoms with Gasteiger partial charge in [0.2, 0.25) is 11.8 Å². The molecule has 1 aromatic carbocycles. The van der Waals surface area contributed by atoms with Gasteiger partial charge in [-0.05, 0) is 25.1 Å². The Labute approximate surface area is 145 Å². The summed E-state index contributed by atoms with van der Waals surface area (Å²) in [5.74, 6) is -1.18. The van der Waals surface area contributed by atoms with E-state index in [2.05, 4.69) is 20.4 Å². The molecule has 0 aliphatic carbocycles. The molecule has 25 heavy (non-hydrogen) atoms. The molecule has 3 aromatic rings. The lowest BCUT2D eigenvalue weighted by molar-refractivity contribution is 0.0986. The number of aryl methyl sites for hydroxylation is 1. The SMILES string of the molecule is CC(Nc1nc(C(N)=O)n(C)n1)c1cc2cc(Cl)c(F)cc2[nH]c1=O. The number of fused-ring (bicyclic) bond motifs is 1. The molecule has 0 spiro atoms. The van der Waals surface area contributed by atoms with Crippen LogP contribution in [0.15, 0.2) is 23.0 Å². The Balaban J connectivity index is 1.96. The molecule has 3 rings (SSSR count). The van der Waals surface area contributed by atoms with Gasteiger partial charge in [0.05, 0.1) is 16.6 Å². The van der Waals surface area contributed by atoms with Gasteiger partial charge >= 0.3 is 0 Å². The molecule has 0 bridgehead atoms. The zero-order valence-corrected chi connectivity index (χ0v) is 14.1. The van der Waals surface area contributed by atoms with Crippen LogP contribution < -0.4 is 16.6 Å². The minimum absolute atomic E-state index is 0.00984. The number of primary amides is 1. The van der Waals surface area contributed by atoms with Gasteiger partial charge in [-0.15, -0.1) is 5.10 Å². The zero-order valence-electron chi connectivity index (χ0n) is 13.3. The molecule has 2 aromatic heterocycles. The molecular formula is C15H14ClFN6O2. The van der Waals surface area contributed by atoms with Gasteiger partial charge in [-0.1, -0.05) is 11.6 Å². The molecule has 130 valence electrons. The molecule has 8 nitrogen and oxygen atoms in total. The number of carbonyl (C=O) groups excluding carboxylic acids is 1. The third kappa shape index (κ3) is 3.18. The van der Waals surface area contributed by atoms with Gasteiger partial charge in [-0.2, -0.15) is 4.98 Å². The molecule has 0 fully saturated rings. The number of aromatic nitrogens is 4. The summed E-state index contributed by atoms with van der Waals surface area (Å²) in [6.45, 7) is 1.72. The number of nitrogens with zero attached hydrogens (tertiary/aromatic N) is 3. The Morgan fingerprint density at radius 3 is 2.80 bits per heavy atom. The van der Waals surface area contributed by atoms with Crippen molar-refractivity contribution in [2.45, 2.75) is 13.0 Å². The van der Waals surface area contributed by atoms with E-state index >= 15 is 0 Å². The first-order chi connectivity index (χ1) is 11.8. The van der Waals surface area contributed by atoms with Crippen LogP contribution in [0.3, 0.4) is 0 Å². The third-order valence-corrected chi connectivity index (χ3v) is 4.00. The van der Waals surface area contributed by atoms with Crippen LogP contribution in [0, 0.1) is 5.82 Å². The van der Waals surface area contributed by atoms with Crippen LogP contribution in [-0.4, -0.2) is 25.7 Å². The molecular weight excluding hydrogens is 351 g/mol. The van der Waals surface area contributed by atoms with Crippen molar-refractivity contribution in [2.75, 3.05) is 5.32 Å². The summed E-state index contributed by atoms with van der Waals surface area (Å²) < 4.78 is 14.8. The predicted octanol–water partition coefficient (Wildman–Crippen LogP) is 1.72. The Hall–Kier alpha value is -2.94. The van der Waals surface area contributed by atoms with Crippen molar-refractivity contribution in [1.29, 1.82) is 0 Å². The maximum absolute atomic E-state index is 13.5. The van der Waals surface area contributed by atoms with Crippen LogP contribution in [-0.2, 0) is 7.05 Å². The van der Waals surface area contributed by atoms with Gasteiger partial charge < -0.3 is 16.0 Å². The fourth-order valence-corrected chi connectivity index (χ4v) is 2.64. The number of nitrogens with one attached hydrogen (secondary N) is 2. The number of benzene rings is 1. The summed E-state index contributed by atoms with van der Waals surface area (Å²) in [6, 6.07) is 3.72. The van der Waals surface area contributed by atoms with Gasteiger partial charge in [0.25, 0.3) is 11.5 Å². The van der Waals surface area contributed by atoms with E-state index in [-0.39, 0.29) is 22.4 Å². The number of aromatic amines is 1. The minimum Gasteiger partial charge on any atom is -0.363 e. The van der Waals surface area contributed by atoms with Crippen molar-refractivity contribution in [2.24, 2.45) is 12.8 Å². The van der Waals surface area contributed by atoms with Crippen molar-refractivity contribution in [1.82, 2.24) is 19.7 Å². The van der Waals surface area contributed by atoms with E-state index in [0.29, 0.717) is 16.5 Å². The number of rotatable bonds is 4. The number of H-pyrrole nitrogens is 1. The van der Waals surface area contributed by atoms with Gasteiger partial charge in [0, 0.05) is 18.0 Å². The van der Waals surface area contributed by atoms with Gasteiger partial charge in [0.1, 0.15) is 5.82 Å². The Kier molecular flexibility index (Phi) is 4.17. The van der Waals surface area contributed by atoms with Crippen molar-refractivity contribution < 1.29 is 9.18 Å². The number of carbonyl (C=O) groups is 1. The van der Waals surface area contributed by atoms with E-state index in [1.165, 1.54) is 23.9 Å². The molecule has 0 aliphatic rings. The maximum atomic E-state index is 13.5. The Morgan fingerprint density at radius 1 is 1.44 bits per heavy atom. The topological polar surface area (TPSA) is 119 Å². The number of amides is 1. The zero-order chi connectivity index (χ0) is 18.3. The highest BCUT2D eigenvalue weighted by Crippen LogP contribution is 2.23. The first-order valence-corrected chi connectivity index (χ1v) is 7.63. The second-order valence-corrected chi connectivity index (χ2v) is 5.93. The number of hydrogen-bond acceptors (Lipinski definition) is 5. The summed E-state index contributed by atoms with van der Waals surface area (Å²) in [4.78, 5) is 30.1. The first kappa shape index (κ1) is 16.9. The van der Waals surface area contributed by atoms with Crippen molar-refractivity contribution in [3.05, 3.63) is 50.8 Å². The van der Waals surface area contributed by atoms with Gasteiger partial charge in [-0.25, -0.2) is 9.07 Å². The summed E-state index contributed by atoms with van der Waals surface area (Å²) in [6.07, 6.45) is 0. The lowest BCUT2D eigenvalue weighted by Gasteiger charge is -2.13. The monoisotopic (exact) mass is 364 g/mol. The lowest BCUT2D eigenvalue weighted by atomic mass is 10.1. The largest absolute Gasteiger partial charge is 0.363 e. The summed E-state index contributed by atoms with van der Waals surface area (Å²) in [5, 5.41) is 7.50. The average molecular weight is 365 g/mol. The van der Waals surface area contributed by atoms with Crippen LogP contribution in [0.1, 0.15) is 29.1 Å². The molecule has 1 unspecified atom stereocenters. The molecule has 0 saturated heterocycles. The maximum Gasteiger partial charge on any atom is 0.286 e. The number of pyridine rings is 1. The minimum atomic E-state index is -0.712. The van der Waals surface area contributed by atoms with E-state index in [0.717, 1.165) is 0 Å². The second-order valence-electron chi connectivity index (χ2n) is 5.52. The van der Waals surface area contributed by atoms with Crippen molar-refractivity contribution in [3.8, 4) is 0 Å². The number of nitrogens with two attached hydrogens (primary N) is 1. The van der Waals surface area contributed by atoms with E-state index < -0.39 is 17.8 Å². The Bertz CT molecular complexity index is 1040. The van der Waals surface area contributed by atoms with E-state index in [1.807, 2.05) is 0 Å². The molecule has 0 aliphatic heterocycles. The summed E-state index contributed by atoms with van der Waals surface area (Å²) in [7, 11) is 1.53. The quantitative estimate of drug-likeness (QED) is 0.651. The standard InChI is InChI=1S/C15H14ClFN6O2/c1-6(19-15-21-13(12(18)24)23(2)22-15)8-3-7-4-9(16)10(17)5-11(7)20-14(8)25/h3-6H,1-2H3,(H2,18,24)(H,19,22)(H,20,25). The van der Waals surface area contributed by atoms with Crippen LogP contribution in [0.4, 0.5) is 10.3 Å². The average Bonchev–Trinajstić information content (AvgIpc) is 2.89. The van der Waals surface area contributed by atoms with Gasteiger partial charge in [0.15, 0.2) is 0 Å². The van der Waals surface area contributed by atoms with Crippen LogP contribution in [0.2, 0.25) is 5.02 Å². The van der Waals surface area contributed by atoms with Crippen molar-refractivity contribution >= 4 is 34.4 Å². The van der Waals surface area contributed by atoms with Crippen molar-refractivity contribution in [3.63, 3.8) is 0 Å². The van der Waals surface area contributed by atoms with Crippen LogP contribution in [0.5, 0.6) is 0 Å². The molecule has 0 radical (unpaired) electrons. The molecule has 0 saturated carbocycles. The molecule has 1 amide bonds.